The van der Waals surface area contributed by atoms with Gasteiger partial charge in [-0.25, -0.2) is 4.79 Å². The molecule has 2 aromatic carbocycles. The first-order valence-corrected chi connectivity index (χ1v) is 14.3. The van der Waals surface area contributed by atoms with Crippen LogP contribution >= 0.6 is 0 Å². The Morgan fingerprint density at radius 1 is 0.930 bits per heavy atom. The number of phenolic OH excluding ortho intramolecular Hbond substituents is 2. The summed E-state index contributed by atoms with van der Waals surface area (Å²) in [4.78, 5) is 69.2. The molecule has 1 heterocycles. The molecule has 9 nitrogen and oxygen atoms in total. The van der Waals surface area contributed by atoms with Gasteiger partial charge in [-0.1, -0.05) is 54.1 Å². The highest BCUT2D eigenvalue weighted by Gasteiger charge is 2.61. The molecule has 43 heavy (non-hydrogen) atoms. The van der Waals surface area contributed by atoms with Crippen molar-refractivity contribution >= 4 is 29.4 Å². The van der Waals surface area contributed by atoms with Crippen molar-refractivity contribution in [2.75, 3.05) is 0 Å². The number of imide groups is 1. The highest BCUT2D eigenvalue weighted by atomic mass is 16.5. The average molecular weight is 582 g/mol. The van der Waals surface area contributed by atoms with Gasteiger partial charge in [0, 0.05) is 18.4 Å². The number of likely N-dealkylation sites (tertiary alicyclic amines) is 1. The van der Waals surface area contributed by atoms with Crippen LogP contribution in [0, 0.1) is 23.7 Å². The summed E-state index contributed by atoms with van der Waals surface area (Å²) in [6.07, 6.45) is 6.21. The third-order valence-corrected chi connectivity index (χ3v) is 8.89. The number of rotatable bonds is 8. The predicted molar refractivity (Wildman–Crippen MR) is 154 cm³/mol. The van der Waals surface area contributed by atoms with Gasteiger partial charge < -0.3 is 14.9 Å². The molecule has 4 unspecified atom stereocenters. The number of hydrogen-bond acceptors (Lipinski definition) is 8. The highest BCUT2D eigenvalue weighted by molar-refractivity contribution is 6.27. The number of nitrogens with zero attached hydrogens (tertiary/aromatic N) is 1. The predicted octanol–water partition coefficient (Wildman–Crippen LogP) is 4.09. The number of allylic oxidation sites excluding steroid dienone is 4. The first-order valence-electron chi connectivity index (χ1n) is 14.3. The molecule has 2 bridgehead atoms. The first kappa shape index (κ1) is 28.3. The molecule has 9 heteroatoms. The summed E-state index contributed by atoms with van der Waals surface area (Å²) in [5, 5.41) is 20.7. The molecule has 0 spiro atoms. The van der Waals surface area contributed by atoms with Crippen molar-refractivity contribution in [3.05, 3.63) is 94.6 Å². The minimum Gasteiger partial charge on any atom is -0.507 e. The Morgan fingerprint density at radius 2 is 1.53 bits per heavy atom. The van der Waals surface area contributed by atoms with Gasteiger partial charge >= 0.3 is 5.97 Å². The van der Waals surface area contributed by atoms with Crippen molar-refractivity contribution in [1.82, 2.24) is 4.90 Å². The first-order chi connectivity index (χ1) is 20.6. The molecule has 0 aromatic heterocycles. The maximum Gasteiger partial charge on any atom is 0.330 e. The molecule has 1 saturated heterocycles. The van der Waals surface area contributed by atoms with Gasteiger partial charge in [0.25, 0.3) is 0 Å². The van der Waals surface area contributed by atoms with Crippen LogP contribution in [0.25, 0.3) is 0 Å². The summed E-state index contributed by atoms with van der Waals surface area (Å²) >= 11 is 0. The van der Waals surface area contributed by atoms with Crippen molar-refractivity contribution in [2.24, 2.45) is 23.7 Å². The Balaban J connectivity index is 1.35. The number of hydrogen-bond donors (Lipinski definition) is 2. The lowest BCUT2D eigenvalue weighted by atomic mass is 9.85. The van der Waals surface area contributed by atoms with Crippen LogP contribution in [0.15, 0.2) is 77.9 Å². The fourth-order valence-corrected chi connectivity index (χ4v) is 6.87. The second kappa shape index (κ2) is 10.8. The molecule has 2 N–H and O–H groups in total. The molecule has 1 saturated carbocycles. The van der Waals surface area contributed by atoms with E-state index in [2.05, 4.69) is 0 Å². The van der Waals surface area contributed by atoms with E-state index >= 15 is 0 Å². The Labute approximate surface area is 248 Å². The third-order valence-electron chi connectivity index (χ3n) is 8.89. The van der Waals surface area contributed by atoms with Gasteiger partial charge in [-0.15, -0.1) is 0 Å². The van der Waals surface area contributed by atoms with E-state index in [9.17, 15) is 34.2 Å². The number of phenols is 2. The summed E-state index contributed by atoms with van der Waals surface area (Å²) in [6, 6.07) is 9.91. The van der Waals surface area contributed by atoms with Crippen LogP contribution in [0.2, 0.25) is 0 Å². The number of carbonyl (C=O) groups is 5. The fourth-order valence-electron chi connectivity index (χ4n) is 6.87. The van der Waals surface area contributed by atoms with E-state index in [0.717, 1.165) is 35.1 Å². The average Bonchev–Trinajstić information content (AvgIpc) is 3.67. The van der Waals surface area contributed by atoms with E-state index in [1.165, 1.54) is 0 Å². The van der Waals surface area contributed by atoms with Crippen LogP contribution in [0.1, 0.15) is 53.0 Å². The molecule has 2 amide bonds. The lowest BCUT2D eigenvalue weighted by Crippen LogP contribution is -2.49. The summed E-state index contributed by atoms with van der Waals surface area (Å²) in [5.41, 5.74) is 0.689. The molecule has 6 rings (SSSR count). The van der Waals surface area contributed by atoms with Crippen molar-refractivity contribution < 1.29 is 38.9 Å². The molecular weight excluding hydrogens is 550 g/mol. The van der Waals surface area contributed by atoms with Gasteiger partial charge in [-0.05, 0) is 55.9 Å². The van der Waals surface area contributed by atoms with Gasteiger partial charge in [0.1, 0.15) is 23.6 Å². The second-order valence-electron chi connectivity index (χ2n) is 11.8. The zero-order valence-corrected chi connectivity index (χ0v) is 23.7. The SMILES string of the molecule is CC(C)=CC[C@@H](OC(=O)[C@@H](Cc1ccccc1)N1C(=O)C2C3C=CC(C3)C2C1=O)C1=CC(=O)c2c(O)ccc(O)c2C1=O. The summed E-state index contributed by atoms with van der Waals surface area (Å²) in [5.74, 6) is -5.24. The molecule has 2 aromatic rings. The maximum absolute atomic E-state index is 14.1. The number of ketones is 2. The zero-order valence-electron chi connectivity index (χ0n) is 23.7. The van der Waals surface area contributed by atoms with Crippen LogP contribution in [-0.2, 0) is 25.5 Å². The Hall–Kier alpha value is -4.79. The monoisotopic (exact) mass is 581 g/mol. The third kappa shape index (κ3) is 4.78. The number of aromatic hydroxyl groups is 2. The topological polar surface area (TPSA) is 138 Å². The summed E-state index contributed by atoms with van der Waals surface area (Å²) < 4.78 is 5.95. The molecule has 1 aliphatic heterocycles. The Bertz CT molecular complexity index is 1620. The molecule has 6 atom stereocenters. The number of amides is 2. The minimum atomic E-state index is -1.29. The molecule has 2 fully saturated rings. The van der Waals surface area contributed by atoms with Crippen molar-refractivity contribution in [1.29, 1.82) is 0 Å². The van der Waals surface area contributed by atoms with E-state index in [-0.39, 0.29) is 41.4 Å². The lowest BCUT2D eigenvalue weighted by Gasteiger charge is -2.29. The highest BCUT2D eigenvalue weighted by Crippen LogP contribution is 2.53. The quantitative estimate of drug-likeness (QED) is 0.206. The van der Waals surface area contributed by atoms with E-state index in [0.29, 0.717) is 5.56 Å². The van der Waals surface area contributed by atoms with Gasteiger partial charge in [0.15, 0.2) is 11.6 Å². The molecular formula is C34H31NO8. The molecule has 3 aliphatic carbocycles. The van der Waals surface area contributed by atoms with Gasteiger partial charge in [0.2, 0.25) is 11.8 Å². The smallest absolute Gasteiger partial charge is 0.330 e. The van der Waals surface area contributed by atoms with Crippen LogP contribution in [0.5, 0.6) is 11.5 Å². The molecule has 220 valence electrons. The van der Waals surface area contributed by atoms with E-state index in [1.807, 2.05) is 32.1 Å². The van der Waals surface area contributed by atoms with E-state index < -0.39 is 64.8 Å². The normalized spacial score (nSPS) is 24.9. The van der Waals surface area contributed by atoms with Crippen LogP contribution in [-0.4, -0.2) is 56.6 Å². The number of fused-ring (bicyclic) bond motifs is 6. The van der Waals surface area contributed by atoms with Crippen molar-refractivity contribution in [3.63, 3.8) is 0 Å². The van der Waals surface area contributed by atoms with Crippen LogP contribution in [0.3, 0.4) is 0 Å². The van der Waals surface area contributed by atoms with E-state index in [1.54, 1.807) is 30.3 Å². The Morgan fingerprint density at radius 3 is 2.14 bits per heavy atom. The van der Waals surface area contributed by atoms with Gasteiger partial charge in [-0.3, -0.25) is 24.1 Å². The van der Waals surface area contributed by atoms with E-state index in [4.69, 9.17) is 4.74 Å². The number of carbonyl (C=O) groups excluding carboxylic acids is 5. The summed E-state index contributed by atoms with van der Waals surface area (Å²) in [6.45, 7) is 3.64. The van der Waals surface area contributed by atoms with Gasteiger partial charge in [-0.2, -0.15) is 0 Å². The fraction of sp³-hybridized carbons (Fsp3) is 0.324. The minimum absolute atomic E-state index is 0.0120. The number of esters is 1. The maximum atomic E-state index is 14.1. The zero-order chi connectivity index (χ0) is 30.6. The molecule has 4 aliphatic rings. The van der Waals surface area contributed by atoms with Crippen LogP contribution < -0.4 is 0 Å². The summed E-state index contributed by atoms with van der Waals surface area (Å²) in [7, 11) is 0. The number of Topliss-reactive ketones (excluding diaryl/α,β-unsaturated/α-hetero) is 1. The second-order valence-corrected chi connectivity index (χ2v) is 11.8. The van der Waals surface area contributed by atoms with Gasteiger partial charge in [0.05, 0.1) is 23.0 Å². The number of ether oxygens (including phenoxy) is 1. The van der Waals surface area contributed by atoms with Crippen molar-refractivity contribution in [2.45, 2.75) is 45.3 Å². The largest absolute Gasteiger partial charge is 0.507 e. The standard InChI is InChI=1S/C34H31NO8/c1-17(2)8-13-26(21-16-25(38)29-23(36)11-12-24(37)30(29)31(21)39)43-34(42)22(14-18-6-4-3-5-7-18)35-32(40)27-19-9-10-20(15-19)28(27)33(35)41/h3-12,16,19-20,22,26-28,36-37H,13-15H2,1-2H3/t19?,20?,22-,26-,27?,28?/m1/s1. The molecule has 0 radical (unpaired) electrons. The van der Waals surface area contributed by atoms with Crippen molar-refractivity contribution in [3.8, 4) is 11.5 Å². The number of benzene rings is 2. The lowest BCUT2D eigenvalue weighted by molar-refractivity contribution is -0.161. The van der Waals surface area contributed by atoms with Crippen LogP contribution in [0.4, 0.5) is 0 Å². The Kier molecular flexibility index (Phi) is 7.12.